The van der Waals surface area contributed by atoms with Gasteiger partial charge in [0.05, 0.1) is 25.0 Å². The van der Waals surface area contributed by atoms with Crippen LogP contribution in [0, 0.1) is 17.1 Å². The summed E-state index contributed by atoms with van der Waals surface area (Å²) in [4.78, 5) is 0. The summed E-state index contributed by atoms with van der Waals surface area (Å²) in [6.45, 7) is -0.370. The van der Waals surface area contributed by atoms with E-state index >= 15 is 0 Å². The van der Waals surface area contributed by atoms with Crippen molar-refractivity contribution in [3.05, 3.63) is 59.9 Å². The zero-order chi connectivity index (χ0) is 18.2. The van der Waals surface area contributed by atoms with Crippen LogP contribution in [-0.2, 0) is 10.0 Å². The summed E-state index contributed by atoms with van der Waals surface area (Å²) in [6.07, 6.45) is 1.03. The predicted molar refractivity (Wildman–Crippen MR) is 91.5 cm³/mol. The van der Waals surface area contributed by atoms with E-state index in [9.17, 15) is 23.2 Å². The number of benzene rings is 2. The number of nitrogens with zero attached hydrogens (tertiary/aromatic N) is 2. The van der Waals surface area contributed by atoms with Gasteiger partial charge in [0.1, 0.15) is 11.9 Å². The maximum atomic E-state index is 13.9. The van der Waals surface area contributed by atoms with Crippen molar-refractivity contribution >= 4 is 10.0 Å². The SMILES string of the molecule is CS(=O)(=O)N1[C@@H](C#N)[C@@H](c2ccc(-c3ccccc3F)cc2)[C@@H]1CO. The normalized spacial score (nSPS) is 23.7. The van der Waals surface area contributed by atoms with Crippen LogP contribution in [0.15, 0.2) is 48.5 Å². The number of halogens is 1. The van der Waals surface area contributed by atoms with Gasteiger partial charge in [0.2, 0.25) is 10.0 Å². The first-order valence-electron chi connectivity index (χ1n) is 7.72. The van der Waals surface area contributed by atoms with Crippen LogP contribution < -0.4 is 0 Å². The van der Waals surface area contributed by atoms with E-state index < -0.39 is 28.0 Å². The van der Waals surface area contributed by atoms with Crippen LogP contribution in [0.3, 0.4) is 0 Å². The van der Waals surface area contributed by atoms with Crippen LogP contribution in [0.2, 0.25) is 0 Å². The molecule has 1 saturated heterocycles. The first-order chi connectivity index (χ1) is 11.9. The lowest BCUT2D eigenvalue weighted by Crippen LogP contribution is -2.64. The maximum absolute atomic E-state index is 13.9. The monoisotopic (exact) mass is 360 g/mol. The number of aliphatic hydroxyl groups excluding tert-OH is 1. The van der Waals surface area contributed by atoms with Crippen LogP contribution in [0.4, 0.5) is 4.39 Å². The van der Waals surface area contributed by atoms with Crippen molar-refractivity contribution in [2.75, 3.05) is 12.9 Å². The number of rotatable bonds is 4. The number of nitriles is 1. The van der Waals surface area contributed by atoms with E-state index in [1.165, 1.54) is 6.07 Å². The summed E-state index contributed by atoms with van der Waals surface area (Å²) < 4.78 is 38.6. The van der Waals surface area contributed by atoms with Gasteiger partial charge in [-0.3, -0.25) is 0 Å². The third-order valence-corrected chi connectivity index (χ3v) is 5.80. The molecule has 2 aromatic rings. The van der Waals surface area contributed by atoms with Gasteiger partial charge in [-0.05, 0) is 17.2 Å². The molecule has 0 unspecified atom stereocenters. The number of sulfonamides is 1. The van der Waals surface area contributed by atoms with Gasteiger partial charge in [0.15, 0.2) is 0 Å². The summed E-state index contributed by atoms with van der Waals surface area (Å²) in [7, 11) is -3.59. The molecule has 1 N–H and O–H groups in total. The van der Waals surface area contributed by atoms with Gasteiger partial charge < -0.3 is 5.11 Å². The Morgan fingerprint density at radius 1 is 1.20 bits per heavy atom. The second-order valence-electron chi connectivity index (χ2n) is 6.04. The fourth-order valence-corrected chi connectivity index (χ4v) is 4.68. The lowest BCUT2D eigenvalue weighted by atomic mass is 9.78. The molecule has 3 rings (SSSR count). The molecule has 0 amide bonds. The zero-order valence-electron chi connectivity index (χ0n) is 13.5. The first-order valence-corrected chi connectivity index (χ1v) is 9.57. The van der Waals surface area contributed by atoms with Crippen LogP contribution in [0.5, 0.6) is 0 Å². The fraction of sp³-hybridized carbons (Fsp3) is 0.278. The largest absolute Gasteiger partial charge is 0.395 e. The summed E-state index contributed by atoms with van der Waals surface area (Å²) in [5.74, 6) is -0.746. The van der Waals surface area contributed by atoms with Gasteiger partial charge in [-0.25, -0.2) is 12.8 Å². The molecule has 1 aliphatic rings. The Hall–Kier alpha value is -2.27. The highest BCUT2D eigenvalue weighted by Crippen LogP contribution is 2.42. The summed E-state index contributed by atoms with van der Waals surface area (Å²) >= 11 is 0. The zero-order valence-corrected chi connectivity index (χ0v) is 14.3. The molecule has 2 aromatic carbocycles. The minimum absolute atomic E-state index is 0.328. The molecule has 0 aromatic heterocycles. The fourth-order valence-electron chi connectivity index (χ4n) is 3.40. The number of hydrogen-bond acceptors (Lipinski definition) is 4. The summed E-state index contributed by atoms with van der Waals surface area (Å²) in [5.41, 5.74) is 1.90. The highest BCUT2D eigenvalue weighted by molar-refractivity contribution is 7.88. The quantitative estimate of drug-likeness (QED) is 0.905. The van der Waals surface area contributed by atoms with E-state index in [1.54, 1.807) is 42.5 Å². The Balaban J connectivity index is 1.92. The maximum Gasteiger partial charge on any atom is 0.212 e. The van der Waals surface area contributed by atoms with E-state index in [0.717, 1.165) is 16.1 Å². The van der Waals surface area contributed by atoms with Gasteiger partial charge in [-0.1, -0.05) is 42.5 Å². The topological polar surface area (TPSA) is 81.4 Å². The highest BCUT2D eigenvalue weighted by Gasteiger charge is 2.53. The minimum atomic E-state index is -3.59. The van der Waals surface area contributed by atoms with Gasteiger partial charge in [0, 0.05) is 11.5 Å². The van der Waals surface area contributed by atoms with Gasteiger partial charge in [-0.2, -0.15) is 9.57 Å². The second kappa shape index (κ2) is 6.56. The van der Waals surface area contributed by atoms with Crippen molar-refractivity contribution in [3.63, 3.8) is 0 Å². The lowest BCUT2D eigenvalue weighted by Gasteiger charge is -2.49. The molecule has 5 nitrogen and oxygen atoms in total. The number of aliphatic hydroxyl groups is 1. The lowest BCUT2D eigenvalue weighted by molar-refractivity contribution is 0.0564. The summed E-state index contributed by atoms with van der Waals surface area (Å²) in [6, 6.07) is 13.9. The molecule has 0 bridgehead atoms. The van der Waals surface area contributed by atoms with Gasteiger partial charge >= 0.3 is 0 Å². The first kappa shape index (κ1) is 17.5. The van der Waals surface area contributed by atoms with Crippen molar-refractivity contribution < 1.29 is 17.9 Å². The van der Waals surface area contributed by atoms with Crippen LogP contribution >= 0.6 is 0 Å². The molecule has 7 heteroatoms. The Morgan fingerprint density at radius 2 is 1.84 bits per heavy atom. The van der Waals surface area contributed by atoms with Crippen LogP contribution in [0.25, 0.3) is 11.1 Å². The second-order valence-corrected chi connectivity index (χ2v) is 7.93. The van der Waals surface area contributed by atoms with E-state index in [0.29, 0.717) is 11.1 Å². The Kier molecular flexibility index (Phi) is 4.60. The predicted octanol–water partition coefficient (Wildman–Crippen LogP) is 2.10. The third kappa shape index (κ3) is 3.04. The van der Waals surface area contributed by atoms with E-state index in [1.807, 2.05) is 6.07 Å². The molecule has 0 spiro atoms. The molecular weight excluding hydrogens is 343 g/mol. The molecule has 1 aliphatic heterocycles. The average molecular weight is 360 g/mol. The summed E-state index contributed by atoms with van der Waals surface area (Å²) in [5, 5.41) is 18.9. The molecular formula is C18H17FN2O3S. The minimum Gasteiger partial charge on any atom is -0.395 e. The van der Waals surface area contributed by atoms with Crippen molar-refractivity contribution in [1.82, 2.24) is 4.31 Å². The molecule has 0 aliphatic carbocycles. The smallest absolute Gasteiger partial charge is 0.212 e. The Bertz CT molecular complexity index is 922. The Labute approximate surface area is 146 Å². The molecule has 130 valence electrons. The molecule has 1 fully saturated rings. The number of hydrogen-bond donors (Lipinski definition) is 1. The molecule has 3 atom stereocenters. The third-order valence-electron chi connectivity index (χ3n) is 4.54. The van der Waals surface area contributed by atoms with E-state index in [2.05, 4.69) is 0 Å². The van der Waals surface area contributed by atoms with Crippen LogP contribution in [-0.4, -0.2) is 42.8 Å². The van der Waals surface area contributed by atoms with Gasteiger partial charge in [-0.15, -0.1) is 0 Å². The Morgan fingerprint density at radius 3 is 2.36 bits per heavy atom. The van der Waals surface area contributed by atoms with Crippen molar-refractivity contribution in [1.29, 1.82) is 5.26 Å². The van der Waals surface area contributed by atoms with Crippen molar-refractivity contribution in [3.8, 4) is 17.2 Å². The standard InChI is InChI=1S/C18H17FN2O3S/c1-25(23,24)21-16(10-20)18(17(21)11-22)13-8-6-12(7-9-13)14-4-2-3-5-15(14)19/h2-9,16-18,22H,11H2,1H3/t16-,17-,18+/m0/s1. The van der Waals surface area contributed by atoms with Gasteiger partial charge in [0.25, 0.3) is 0 Å². The highest BCUT2D eigenvalue weighted by atomic mass is 32.2. The molecule has 1 heterocycles. The molecule has 25 heavy (non-hydrogen) atoms. The van der Waals surface area contributed by atoms with Crippen LogP contribution in [0.1, 0.15) is 11.5 Å². The molecule has 0 saturated carbocycles. The molecule has 0 radical (unpaired) electrons. The van der Waals surface area contributed by atoms with E-state index in [-0.39, 0.29) is 12.4 Å². The van der Waals surface area contributed by atoms with E-state index in [4.69, 9.17) is 0 Å². The van der Waals surface area contributed by atoms with Crippen molar-refractivity contribution in [2.24, 2.45) is 0 Å². The average Bonchev–Trinajstić information content (AvgIpc) is 2.55. The van der Waals surface area contributed by atoms with Crippen molar-refractivity contribution in [2.45, 2.75) is 18.0 Å².